The molecule has 0 amide bonds. The largest absolute Gasteiger partial charge is 0.506 e. The lowest BCUT2D eigenvalue weighted by Crippen LogP contribution is -1.96. The zero-order valence-corrected chi connectivity index (χ0v) is 8.01. The van der Waals surface area contributed by atoms with E-state index in [1.54, 1.807) is 33.3 Å². The molecule has 3 N–H and O–H groups in total. The number of hydrogen-bond acceptors (Lipinski definition) is 4. The molecule has 4 nitrogen and oxygen atoms in total. The predicted molar refractivity (Wildman–Crippen MR) is 53.8 cm³/mol. The first-order chi connectivity index (χ1) is 6.22. The van der Waals surface area contributed by atoms with Crippen LogP contribution in [0.4, 0.5) is 11.4 Å². The van der Waals surface area contributed by atoms with Crippen LogP contribution in [0, 0.1) is 0 Å². The van der Waals surface area contributed by atoms with E-state index in [0.29, 0.717) is 11.4 Å². The second kappa shape index (κ2) is 3.89. The van der Waals surface area contributed by atoms with E-state index in [0.717, 1.165) is 5.69 Å². The van der Waals surface area contributed by atoms with Gasteiger partial charge in [-0.05, 0) is 0 Å². The topological polar surface area (TPSA) is 53.5 Å². The molecule has 0 saturated carbocycles. The van der Waals surface area contributed by atoms with Crippen molar-refractivity contribution in [1.29, 1.82) is 0 Å². The summed E-state index contributed by atoms with van der Waals surface area (Å²) in [5.74, 6) is 0.900. The van der Waals surface area contributed by atoms with Crippen molar-refractivity contribution in [2.24, 2.45) is 0 Å². The predicted octanol–water partition coefficient (Wildman–Crippen LogP) is 1.48. The molecule has 0 spiro atoms. The van der Waals surface area contributed by atoms with Gasteiger partial charge in [0.25, 0.3) is 0 Å². The van der Waals surface area contributed by atoms with Crippen LogP contribution in [0.15, 0.2) is 12.1 Å². The highest BCUT2D eigenvalue weighted by Crippen LogP contribution is 2.34. The highest BCUT2D eigenvalue weighted by atomic mass is 16.5. The zero-order valence-electron chi connectivity index (χ0n) is 8.01. The maximum absolute atomic E-state index is 9.48. The minimum absolute atomic E-state index is 0.202. The summed E-state index contributed by atoms with van der Waals surface area (Å²) in [7, 11) is 5.11. The number of benzene rings is 1. The van der Waals surface area contributed by atoms with Gasteiger partial charge in [0.05, 0.1) is 18.5 Å². The molecule has 72 valence electrons. The first-order valence-corrected chi connectivity index (χ1v) is 3.99. The molecule has 1 aromatic rings. The first kappa shape index (κ1) is 9.51. The van der Waals surface area contributed by atoms with E-state index < -0.39 is 0 Å². The highest BCUT2D eigenvalue weighted by Gasteiger charge is 2.06. The summed E-state index contributed by atoms with van der Waals surface area (Å²) in [5, 5.41) is 15.3. The van der Waals surface area contributed by atoms with Crippen LogP contribution < -0.4 is 15.4 Å². The van der Waals surface area contributed by atoms with E-state index in [1.807, 2.05) is 0 Å². The summed E-state index contributed by atoms with van der Waals surface area (Å²) >= 11 is 0. The monoisotopic (exact) mass is 182 g/mol. The molecule has 0 aromatic heterocycles. The molecule has 0 saturated heterocycles. The molecule has 4 heteroatoms. The number of phenols is 1. The minimum Gasteiger partial charge on any atom is -0.506 e. The standard InChI is InChI=1S/C9H14N2O2/c1-10-6-5-9(13-3)7(11-2)4-8(6)12/h4-5,10-12H,1-3H3. The number of aromatic hydroxyl groups is 1. The van der Waals surface area contributed by atoms with E-state index >= 15 is 0 Å². The van der Waals surface area contributed by atoms with Crippen LogP contribution >= 0.6 is 0 Å². The number of hydrogen-bond donors (Lipinski definition) is 3. The summed E-state index contributed by atoms with van der Waals surface area (Å²) in [6.07, 6.45) is 0. The molecule has 0 atom stereocenters. The van der Waals surface area contributed by atoms with Gasteiger partial charge in [0.2, 0.25) is 0 Å². The second-order valence-electron chi connectivity index (χ2n) is 2.57. The third-order valence-corrected chi connectivity index (χ3v) is 1.86. The van der Waals surface area contributed by atoms with Crippen LogP contribution in [0.2, 0.25) is 0 Å². The average Bonchev–Trinajstić information content (AvgIpc) is 2.17. The molecule has 0 aliphatic heterocycles. The smallest absolute Gasteiger partial charge is 0.144 e. The van der Waals surface area contributed by atoms with Gasteiger partial charge < -0.3 is 20.5 Å². The highest BCUT2D eigenvalue weighted by molar-refractivity contribution is 5.70. The number of nitrogens with one attached hydrogen (secondary N) is 2. The van der Waals surface area contributed by atoms with Crippen molar-refractivity contribution in [3.05, 3.63) is 12.1 Å². The number of rotatable bonds is 3. The van der Waals surface area contributed by atoms with Crippen molar-refractivity contribution in [1.82, 2.24) is 0 Å². The average molecular weight is 182 g/mol. The molecule has 0 aliphatic rings. The van der Waals surface area contributed by atoms with Gasteiger partial charge in [-0.2, -0.15) is 0 Å². The normalized spacial score (nSPS) is 9.46. The van der Waals surface area contributed by atoms with Crippen molar-refractivity contribution in [2.45, 2.75) is 0 Å². The van der Waals surface area contributed by atoms with Crippen LogP contribution in [-0.4, -0.2) is 26.3 Å². The Labute approximate surface area is 77.5 Å². The molecule has 0 aliphatic carbocycles. The Kier molecular flexibility index (Phi) is 2.84. The summed E-state index contributed by atoms with van der Waals surface area (Å²) in [4.78, 5) is 0. The summed E-state index contributed by atoms with van der Waals surface area (Å²) in [5.41, 5.74) is 1.41. The SMILES string of the molecule is CNc1cc(OC)c(NC)cc1O. The van der Waals surface area contributed by atoms with E-state index in [2.05, 4.69) is 10.6 Å². The maximum Gasteiger partial charge on any atom is 0.144 e. The molecule has 13 heavy (non-hydrogen) atoms. The fourth-order valence-corrected chi connectivity index (χ4v) is 1.13. The molecular weight excluding hydrogens is 168 g/mol. The van der Waals surface area contributed by atoms with Crippen molar-refractivity contribution >= 4 is 11.4 Å². The van der Waals surface area contributed by atoms with E-state index in [4.69, 9.17) is 4.74 Å². The molecule has 1 rings (SSSR count). The lowest BCUT2D eigenvalue weighted by atomic mass is 10.2. The summed E-state index contributed by atoms with van der Waals surface area (Å²) < 4.78 is 5.12. The maximum atomic E-state index is 9.48. The van der Waals surface area contributed by atoms with Crippen molar-refractivity contribution in [3.8, 4) is 11.5 Å². The van der Waals surface area contributed by atoms with Crippen molar-refractivity contribution < 1.29 is 9.84 Å². The quantitative estimate of drug-likeness (QED) is 0.620. The summed E-state index contributed by atoms with van der Waals surface area (Å²) in [6, 6.07) is 3.35. The Bertz CT molecular complexity index is 300. The van der Waals surface area contributed by atoms with Crippen LogP contribution in [0.1, 0.15) is 0 Å². The minimum atomic E-state index is 0.202. The van der Waals surface area contributed by atoms with E-state index in [9.17, 15) is 5.11 Å². The molecule has 0 fully saturated rings. The van der Waals surface area contributed by atoms with Gasteiger partial charge in [-0.15, -0.1) is 0 Å². The molecule has 0 unspecified atom stereocenters. The fourth-order valence-electron chi connectivity index (χ4n) is 1.13. The number of anilines is 2. The molecular formula is C9H14N2O2. The van der Waals surface area contributed by atoms with Gasteiger partial charge in [0.15, 0.2) is 0 Å². The summed E-state index contributed by atoms with van der Waals surface area (Å²) in [6.45, 7) is 0. The number of methoxy groups -OCH3 is 1. The van der Waals surface area contributed by atoms with Crippen molar-refractivity contribution in [2.75, 3.05) is 31.8 Å². The van der Waals surface area contributed by atoms with Crippen molar-refractivity contribution in [3.63, 3.8) is 0 Å². The first-order valence-electron chi connectivity index (χ1n) is 3.99. The van der Waals surface area contributed by atoms with Crippen LogP contribution in [0.25, 0.3) is 0 Å². The van der Waals surface area contributed by atoms with Gasteiger partial charge in [-0.25, -0.2) is 0 Å². The van der Waals surface area contributed by atoms with Gasteiger partial charge in [-0.3, -0.25) is 0 Å². The molecule has 0 bridgehead atoms. The zero-order chi connectivity index (χ0) is 9.84. The Hall–Kier alpha value is -1.58. The Morgan fingerprint density at radius 2 is 1.77 bits per heavy atom. The second-order valence-corrected chi connectivity index (χ2v) is 2.57. The Balaban J connectivity index is 3.18. The fraction of sp³-hybridized carbons (Fsp3) is 0.333. The third-order valence-electron chi connectivity index (χ3n) is 1.86. The lowest BCUT2D eigenvalue weighted by molar-refractivity contribution is 0.415. The van der Waals surface area contributed by atoms with Gasteiger partial charge in [-0.1, -0.05) is 0 Å². The number of phenolic OH excluding ortho intramolecular Hbond substituents is 1. The molecule has 0 radical (unpaired) electrons. The molecule has 1 aromatic carbocycles. The van der Waals surface area contributed by atoms with Crippen LogP contribution in [0.5, 0.6) is 11.5 Å². The van der Waals surface area contributed by atoms with E-state index in [1.165, 1.54) is 0 Å². The lowest BCUT2D eigenvalue weighted by Gasteiger charge is -2.11. The Morgan fingerprint density at radius 1 is 1.15 bits per heavy atom. The van der Waals surface area contributed by atoms with E-state index in [-0.39, 0.29) is 5.75 Å². The van der Waals surface area contributed by atoms with Gasteiger partial charge in [0, 0.05) is 26.2 Å². The Morgan fingerprint density at radius 3 is 2.23 bits per heavy atom. The third kappa shape index (κ3) is 1.77. The van der Waals surface area contributed by atoms with Gasteiger partial charge in [0.1, 0.15) is 11.5 Å². The van der Waals surface area contributed by atoms with Crippen LogP contribution in [0.3, 0.4) is 0 Å². The van der Waals surface area contributed by atoms with Crippen LogP contribution in [-0.2, 0) is 0 Å². The van der Waals surface area contributed by atoms with Gasteiger partial charge >= 0.3 is 0 Å². The number of ether oxygens (including phenoxy) is 1. The molecule has 0 heterocycles.